The van der Waals surface area contributed by atoms with E-state index in [1.54, 1.807) is 25.3 Å². The molecule has 19 heavy (non-hydrogen) atoms. The number of aromatic nitrogens is 2. The largest absolute Gasteiger partial charge is 0.430 e. The van der Waals surface area contributed by atoms with Crippen molar-refractivity contribution in [1.82, 2.24) is 9.36 Å². The zero-order valence-electron chi connectivity index (χ0n) is 10.7. The second-order valence-electron chi connectivity index (χ2n) is 3.91. The molecule has 0 saturated carbocycles. The van der Waals surface area contributed by atoms with Gasteiger partial charge < -0.3 is 9.47 Å². The molecular weight excluding hydrogens is 262 g/mol. The van der Waals surface area contributed by atoms with E-state index in [4.69, 9.17) is 14.7 Å². The zero-order valence-corrected chi connectivity index (χ0v) is 11.5. The van der Waals surface area contributed by atoms with Crippen LogP contribution >= 0.6 is 11.5 Å². The third-order valence-electron chi connectivity index (χ3n) is 2.48. The van der Waals surface area contributed by atoms with Gasteiger partial charge in [0.25, 0.3) is 5.19 Å². The lowest BCUT2D eigenvalue weighted by Crippen LogP contribution is -1.96. The lowest BCUT2D eigenvalue weighted by molar-refractivity contribution is 0.200. The van der Waals surface area contributed by atoms with Crippen LogP contribution in [0.4, 0.5) is 0 Å². The molecule has 0 radical (unpaired) electrons. The van der Waals surface area contributed by atoms with E-state index in [1.165, 1.54) is 11.5 Å². The number of benzene rings is 1. The minimum atomic E-state index is 0.499. The van der Waals surface area contributed by atoms with Crippen LogP contribution in [0.25, 0.3) is 0 Å². The van der Waals surface area contributed by atoms with Crippen LogP contribution in [0.5, 0.6) is 10.9 Å². The summed E-state index contributed by atoms with van der Waals surface area (Å²) >= 11 is 1.21. The third-order valence-corrected chi connectivity index (χ3v) is 3.11. The summed E-state index contributed by atoms with van der Waals surface area (Å²) in [5.41, 5.74) is 1.51. The van der Waals surface area contributed by atoms with Crippen molar-refractivity contribution in [1.29, 1.82) is 5.26 Å². The van der Waals surface area contributed by atoms with Gasteiger partial charge in [0.2, 0.25) is 0 Å². The Morgan fingerprint density at radius 2 is 2.26 bits per heavy atom. The smallest absolute Gasteiger partial charge is 0.298 e. The van der Waals surface area contributed by atoms with Crippen LogP contribution in [0.3, 0.4) is 0 Å². The summed E-state index contributed by atoms with van der Waals surface area (Å²) in [4.78, 5) is 4.27. The fourth-order valence-electron chi connectivity index (χ4n) is 1.50. The quantitative estimate of drug-likeness (QED) is 0.839. The van der Waals surface area contributed by atoms with E-state index >= 15 is 0 Å². The van der Waals surface area contributed by atoms with Gasteiger partial charge in [0, 0.05) is 25.1 Å². The number of nitriles is 1. The minimum absolute atomic E-state index is 0.499. The van der Waals surface area contributed by atoms with Gasteiger partial charge in [0.1, 0.15) is 11.6 Å². The van der Waals surface area contributed by atoms with Crippen LogP contribution < -0.4 is 4.74 Å². The van der Waals surface area contributed by atoms with Gasteiger partial charge >= 0.3 is 0 Å². The molecule has 0 fully saturated rings. The molecule has 2 aromatic rings. The second-order valence-corrected chi connectivity index (χ2v) is 4.63. The molecule has 0 aliphatic carbocycles. The van der Waals surface area contributed by atoms with E-state index < -0.39 is 0 Å². The number of hydrogen-bond acceptors (Lipinski definition) is 6. The average molecular weight is 275 g/mol. The Bertz CT molecular complexity index is 604. The summed E-state index contributed by atoms with van der Waals surface area (Å²) in [6.45, 7) is 2.48. The minimum Gasteiger partial charge on any atom is -0.430 e. The second kappa shape index (κ2) is 6.27. The van der Waals surface area contributed by atoms with E-state index in [2.05, 4.69) is 15.4 Å². The first-order valence-corrected chi connectivity index (χ1v) is 6.50. The van der Waals surface area contributed by atoms with Gasteiger partial charge in [-0.1, -0.05) is 0 Å². The number of nitrogens with zero attached hydrogens (tertiary/aromatic N) is 3. The van der Waals surface area contributed by atoms with Gasteiger partial charge in [-0.05, 0) is 30.7 Å². The number of methoxy groups -OCH3 is 1. The first-order valence-electron chi connectivity index (χ1n) is 5.73. The molecule has 5 nitrogen and oxygen atoms in total. The van der Waals surface area contributed by atoms with Crippen LogP contribution in [0, 0.1) is 18.3 Å². The Balaban J connectivity index is 2.09. The van der Waals surface area contributed by atoms with Crippen LogP contribution in [-0.4, -0.2) is 23.1 Å². The molecule has 0 atom stereocenters. The number of rotatable bonds is 5. The van der Waals surface area contributed by atoms with E-state index in [9.17, 15) is 0 Å². The van der Waals surface area contributed by atoms with Crippen molar-refractivity contribution in [3.63, 3.8) is 0 Å². The molecule has 1 aromatic heterocycles. The molecule has 0 saturated heterocycles. The lowest BCUT2D eigenvalue weighted by atomic mass is 10.1. The summed E-state index contributed by atoms with van der Waals surface area (Å²) in [5.74, 6) is 1.40. The maximum Gasteiger partial charge on any atom is 0.298 e. The van der Waals surface area contributed by atoms with Gasteiger partial charge in [-0.2, -0.15) is 14.6 Å². The van der Waals surface area contributed by atoms with Gasteiger partial charge in [-0.15, -0.1) is 0 Å². The Morgan fingerprint density at radius 1 is 1.42 bits per heavy atom. The Morgan fingerprint density at radius 3 is 2.95 bits per heavy atom. The molecule has 0 bridgehead atoms. The Kier molecular flexibility index (Phi) is 4.44. The standard InChI is InChI=1S/C13H13N3O2S/c1-9-7-10(8-14)3-4-11(9)18-13-15-12(16-19-13)5-6-17-2/h3-4,7H,5-6H2,1-2H3. The number of ether oxygens (including phenoxy) is 2. The molecule has 1 aromatic carbocycles. The third kappa shape index (κ3) is 3.50. The van der Waals surface area contributed by atoms with Crippen LogP contribution in [0.2, 0.25) is 0 Å². The Labute approximate surface area is 115 Å². The van der Waals surface area contributed by atoms with Crippen LogP contribution in [0.1, 0.15) is 17.0 Å². The van der Waals surface area contributed by atoms with Crippen LogP contribution in [0.15, 0.2) is 18.2 Å². The van der Waals surface area contributed by atoms with Gasteiger partial charge in [-0.25, -0.2) is 0 Å². The number of hydrogen-bond donors (Lipinski definition) is 0. The van der Waals surface area contributed by atoms with Gasteiger partial charge in [0.15, 0.2) is 0 Å². The predicted molar refractivity (Wildman–Crippen MR) is 71.5 cm³/mol. The van der Waals surface area contributed by atoms with Gasteiger partial charge in [-0.3, -0.25) is 0 Å². The fourth-order valence-corrected chi connectivity index (χ4v) is 2.09. The van der Waals surface area contributed by atoms with Crippen molar-refractivity contribution in [2.45, 2.75) is 13.3 Å². The van der Waals surface area contributed by atoms with Crippen molar-refractivity contribution in [2.75, 3.05) is 13.7 Å². The van der Waals surface area contributed by atoms with Crippen molar-refractivity contribution in [3.8, 4) is 17.0 Å². The molecule has 2 rings (SSSR count). The summed E-state index contributed by atoms with van der Waals surface area (Å²) < 4.78 is 14.8. The van der Waals surface area contributed by atoms with E-state index in [1.807, 2.05) is 6.92 Å². The first-order chi connectivity index (χ1) is 9.22. The van der Waals surface area contributed by atoms with Crippen molar-refractivity contribution < 1.29 is 9.47 Å². The predicted octanol–water partition coefficient (Wildman–Crippen LogP) is 2.70. The topological polar surface area (TPSA) is 68.0 Å². The molecule has 0 spiro atoms. The zero-order chi connectivity index (χ0) is 13.7. The highest BCUT2D eigenvalue weighted by Crippen LogP contribution is 2.26. The molecule has 0 unspecified atom stereocenters. The van der Waals surface area contributed by atoms with Gasteiger partial charge in [0.05, 0.1) is 18.2 Å². The molecule has 98 valence electrons. The molecule has 0 N–H and O–H groups in total. The highest BCUT2D eigenvalue weighted by atomic mass is 32.1. The lowest BCUT2D eigenvalue weighted by Gasteiger charge is -2.04. The SMILES string of the molecule is COCCc1nsc(Oc2ccc(C#N)cc2C)n1. The number of aryl methyl sites for hydroxylation is 1. The van der Waals surface area contributed by atoms with Crippen molar-refractivity contribution >= 4 is 11.5 Å². The summed E-state index contributed by atoms with van der Waals surface area (Å²) in [6, 6.07) is 7.36. The first kappa shape index (κ1) is 13.5. The molecule has 0 amide bonds. The molecule has 0 aliphatic rings. The van der Waals surface area contributed by atoms with Crippen molar-refractivity contribution in [2.24, 2.45) is 0 Å². The van der Waals surface area contributed by atoms with E-state index in [-0.39, 0.29) is 0 Å². The average Bonchev–Trinajstić information content (AvgIpc) is 2.86. The maximum atomic E-state index is 8.81. The molecule has 1 heterocycles. The highest BCUT2D eigenvalue weighted by molar-refractivity contribution is 7.07. The molecule has 0 aliphatic heterocycles. The summed E-state index contributed by atoms with van der Waals surface area (Å²) in [5, 5.41) is 9.30. The highest BCUT2D eigenvalue weighted by Gasteiger charge is 2.08. The van der Waals surface area contributed by atoms with E-state index in [0.717, 1.165) is 5.56 Å². The Hall–Kier alpha value is -1.97. The molecule has 6 heteroatoms. The van der Waals surface area contributed by atoms with E-state index in [0.29, 0.717) is 35.4 Å². The normalized spacial score (nSPS) is 10.2. The monoisotopic (exact) mass is 275 g/mol. The summed E-state index contributed by atoms with van der Waals surface area (Å²) in [6.07, 6.45) is 0.669. The maximum absolute atomic E-state index is 8.81. The molecular formula is C13H13N3O2S. The van der Waals surface area contributed by atoms with Crippen LogP contribution in [-0.2, 0) is 11.2 Å². The van der Waals surface area contributed by atoms with Crippen molar-refractivity contribution in [3.05, 3.63) is 35.2 Å². The summed E-state index contributed by atoms with van der Waals surface area (Å²) in [7, 11) is 1.64. The fraction of sp³-hybridized carbons (Fsp3) is 0.308.